The van der Waals surface area contributed by atoms with Crippen molar-refractivity contribution in [3.8, 4) is 0 Å². The first-order valence-electron chi connectivity index (χ1n) is 7.16. The minimum Gasteiger partial charge on any atom is -0.465 e. The van der Waals surface area contributed by atoms with E-state index in [2.05, 4.69) is 5.43 Å². The molecule has 1 heterocycles. The second-order valence-electron chi connectivity index (χ2n) is 5.14. The molecule has 2 rings (SSSR count). The molecule has 1 saturated heterocycles. The van der Waals surface area contributed by atoms with E-state index in [1.807, 2.05) is 30.3 Å². The molecule has 1 aromatic rings. The van der Waals surface area contributed by atoms with Crippen LogP contribution in [-0.2, 0) is 6.54 Å². The van der Waals surface area contributed by atoms with Crippen LogP contribution in [0.2, 0.25) is 0 Å². The summed E-state index contributed by atoms with van der Waals surface area (Å²) in [5, 5.41) is 17.6. The zero-order chi connectivity index (χ0) is 16.8. The summed E-state index contributed by atoms with van der Waals surface area (Å²) in [4.78, 5) is 26.3. The fourth-order valence-corrected chi connectivity index (χ4v) is 2.33. The van der Waals surface area contributed by atoms with Crippen molar-refractivity contribution >= 4 is 18.1 Å². The summed E-state index contributed by atoms with van der Waals surface area (Å²) < 4.78 is 0. The van der Waals surface area contributed by atoms with Crippen LogP contribution >= 0.6 is 0 Å². The van der Waals surface area contributed by atoms with Gasteiger partial charge >= 0.3 is 12.1 Å². The summed E-state index contributed by atoms with van der Waals surface area (Å²) in [5.74, 6) is -0.335. The van der Waals surface area contributed by atoms with Crippen LogP contribution < -0.4 is 11.2 Å². The lowest BCUT2D eigenvalue weighted by atomic mass is 10.2. The van der Waals surface area contributed by atoms with Crippen LogP contribution in [-0.4, -0.2) is 64.2 Å². The van der Waals surface area contributed by atoms with Gasteiger partial charge in [0.05, 0.1) is 6.54 Å². The van der Waals surface area contributed by atoms with Crippen LogP contribution in [0, 0.1) is 5.41 Å². The molecule has 0 spiro atoms. The Labute approximate surface area is 133 Å². The summed E-state index contributed by atoms with van der Waals surface area (Å²) in [6.45, 7) is 1.38. The average Bonchev–Trinajstić information content (AvgIpc) is 2.54. The smallest absolute Gasteiger partial charge is 0.407 e. The second-order valence-corrected chi connectivity index (χ2v) is 5.14. The number of carboxylic acid groups (broad SMARTS) is 1. The largest absolute Gasteiger partial charge is 0.465 e. The number of nitrogens with zero attached hydrogens (tertiary/aromatic N) is 3. The van der Waals surface area contributed by atoms with Gasteiger partial charge in [-0.05, 0) is 5.56 Å². The standard InChI is InChI=1S/C14H20N6O3/c15-12(16)17-20(10-11-4-2-1-3-5-11)13(21)18-6-8-19(9-7-18)14(22)23/h1-5H,6-10H2,(H,22,23)(H4,15,16,17). The van der Waals surface area contributed by atoms with Crippen LogP contribution in [0.3, 0.4) is 0 Å². The maximum absolute atomic E-state index is 12.6. The number of nitrogens with one attached hydrogen (secondary N) is 2. The van der Waals surface area contributed by atoms with Crippen molar-refractivity contribution in [2.45, 2.75) is 6.54 Å². The summed E-state index contributed by atoms with van der Waals surface area (Å²) >= 11 is 0. The number of hydrazine groups is 1. The van der Waals surface area contributed by atoms with Crippen LogP contribution in [0.4, 0.5) is 9.59 Å². The molecule has 124 valence electrons. The van der Waals surface area contributed by atoms with Gasteiger partial charge in [-0.1, -0.05) is 30.3 Å². The van der Waals surface area contributed by atoms with Gasteiger partial charge in [0, 0.05) is 26.2 Å². The number of rotatable bonds is 2. The zero-order valence-corrected chi connectivity index (χ0v) is 12.6. The summed E-state index contributed by atoms with van der Waals surface area (Å²) in [6.07, 6.45) is -0.986. The van der Waals surface area contributed by atoms with E-state index in [1.165, 1.54) is 9.91 Å². The Morgan fingerprint density at radius 2 is 1.74 bits per heavy atom. The van der Waals surface area contributed by atoms with E-state index >= 15 is 0 Å². The highest BCUT2D eigenvalue weighted by Gasteiger charge is 2.27. The minimum atomic E-state index is -0.986. The Morgan fingerprint density at radius 1 is 1.17 bits per heavy atom. The fourth-order valence-electron chi connectivity index (χ4n) is 2.33. The third kappa shape index (κ3) is 4.50. The first-order chi connectivity index (χ1) is 11.0. The molecule has 1 fully saturated rings. The van der Waals surface area contributed by atoms with E-state index < -0.39 is 6.09 Å². The Morgan fingerprint density at radius 3 is 2.26 bits per heavy atom. The van der Waals surface area contributed by atoms with Gasteiger partial charge in [0.2, 0.25) is 5.96 Å². The number of nitrogens with two attached hydrogens (primary N) is 1. The Balaban J connectivity index is 2.02. The molecule has 1 aliphatic heterocycles. The number of carbonyl (C=O) groups excluding carboxylic acids is 1. The van der Waals surface area contributed by atoms with Gasteiger partial charge in [-0.3, -0.25) is 10.8 Å². The van der Waals surface area contributed by atoms with Crippen LogP contribution in [0.1, 0.15) is 5.56 Å². The Bertz CT molecular complexity index is 571. The normalized spacial score (nSPS) is 14.3. The summed E-state index contributed by atoms with van der Waals surface area (Å²) in [5.41, 5.74) is 8.77. The maximum Gasteiger partial charge on any atom is 0.407 e. The molecule has 0 unspecified atom stereocenters. The monoisotopic (exact) mass is 320 g/mol. The maximum atomic E-state index is 12.6. The lowest BCUT2D eigenvalue weighted by Gasteiger charge is -2.36. The zero-order valence-electron chi connectivity index (χ0n) is 12.6. The quantitative estimate of drug-likeness (QED) is 0.354. The number of piperazine rings is 1. The van der Waals surface area contributed by atoms with Crippen molar-refractivity contribution in [3.05, 3.63) is 35.9 Å². The Hall–Kier alpha value is -2.97. The van der Waals surface area contributed by atoms with Crippen molar-refractivity contribution in [1.82, 2.24) is 20.2 Å². The van der Waals surface area contributed by atoms with Crippen molar-refractivity contribution in [3.63, 3.8) is 0 Å². The molecule has 0 bridgehead atoms. The van der Waals surface area contributed by atoms with Gasteiger partial charge < -0.3 is 20.6 Å². The highest BCUT2D eigenvalue weighted by molar-refractivity contribution is 5.80. The number of amides is 3. The lowest BCUT2D eigenvalue weighted by molar-refractivity contribution is 0.0933. The predicted molar refractivity (Wildman–Crippen MR) is 83.6 cm³/mol. The van der Waals surface area contributed by atoms with Gasteiger partial charge in [0.25, 0.3) is 0 Å². The molecular weight excluding hydrogens is 300 g/mol. The molecule has 5 N–H and O–H groups in total. The van der Waals surface area contributed by atoms with Crippen molar-refractivity contribution in [2.24, 2.45) is 5.73 Å². The highest BCUT2D eigenvalue weighted by Crippen LogP contribution is 2.09. The highest BCUT2D eigenvalue weighted by atomic mass is 16.4. The van der Waals surface area contributed by atoms with E-state index in [9.17, 15) is 9.59 Å². The van der Waals surface area contributed by atoms with Crippen molar-refractivity contribution < 1.29 is 14.7 Å². The molecule has 3 amide bonds. The number of hydrogen-bond acceptors (Lipinski definition) is 3. The first-order valence-corrected chi connectivity index (χ1v) is 7.16. The van der Waals surface area contributed by atoms with E-state index in [4.69, 9.17) is 16.2 Å². The first kappa shape index (κ1) is 16.4. The van der Waals surface area contributed by atoms with Gasteiger partial charge in [0.1, 0.15) is 0 Å². The molecule has 0 aliphatic carbocycles. The van der Waals surface area contributed by atoms with E-state index in [0.29, 0.717) is 13.1 Å². The van der Waals surface area contributed by atoms with Gasteiger partial charge in [0.15, 0.2) is 0 Å². The molecule has 9 heteroatoms. The molecule has 1 aliphatic rings. The summed E-state index contributed by atoms with van der Waals surface area (Å²) in [7, 11) is 0. The van der Waals surface area contributed by atoms with Gasteiger partial charge in [-0.25, -0.2) is 14.6 Å². The molecule has 0 aromatic heterocycles. The third-order valence-electron chi connectivity index (χ3n) is 3.49. The number of guanidine groups is 1. The Kier molecular flexibility index (Phi) is 5.23. The van der Waals surface area contributed by atoms with Gasteiger partial charge in [-0.2, -0.15) is 0 Å². The molecule has 0 atom stereocenters. The van der Waals surface area contributed by atoms with Crippen LogP contribution in [0.5, 0.6) is 0 Å². The lowest BCUT2D eigenvalue weighted by Crippen LogP contribution is -2.58. The number of benzene rings is 1. The van der Waals surface area contributed by atoms with E-state index in [-0.39, 0.29) is 31.6 Å². The molecule has 0 radical (unpaired) electrons. The molecular formula is C14H20N6O3. The van der Waals surface area contributed by atoms with Crippen LogP contribution in [0.25, 0.3) is 0 Å². The van der Waals surface area contributed by atoms with Gasteiger partial charge in [-0.15, -0.1) is 0 Å². The molecule has 23 heavy (non-hydrogen) atoms. The topological polar surface area (TPSA) is 126 Å². The second kappa shape index (κ2) is 7.34. The van der Waals surface area contributed by atoms with E-state index in [0.717, 1.165) is 5.56 Å². The minimum absolute atomic E-state index is 0.248. The summed E-state index contributed by atoms with van der Waals surface area (Å²) in [6, 6.07) is 8.98. The molecule has 1 aromatic carbocycles. The molecule has 9 nitrogen and oxygen atoms in total. The number of carbonyl (C=O) groups is 2. The van der Waals surface area contributed by atoms with E-state index in [1.54, 1.807) is 4.90 Å². The van der Waals surface area contributed by atoms with Crippen molar-refractivity contribution in [2.75, 3.05) is 26.2 Å². The average molecular weight is 320 g/mol. The number of hydrogen-bond donors (Lipinski definition) is 4. The molecule has 0 saturated carbocycles. The third-order valence-corrected chi connectivity index (χ3v) is 3.49. The fraction of sp³-hybridized carbons (Fsp3) is 0.357. The number of urea groups is 1. The SMILES string of the molecule is N=C(N)NN(Cc1ccccc1)C(=O)N1CCN(C(=O)O)CC1. The van der Waals surface area contributed by atoms with Crippen LogP contribution in [0.15, 0.2) is 30.3 Å². The predicted octanol–water partition coefficient (Wildman–Crippen LogP) is 0.302. The van der Waals surface area contributed by atoms with Crippen molar-refractivity contribution in [1.29, 1.82) is 5.41 Å².